The maximum absolute atomic E-state index is 6.22. The summed E-state index contributed by atoms with van der Waals surface area (Å²) in [6.45, 7) is 2.94. The normalized spacial score (nSPS) is 12.8. The van der Waals surface area contributed by atoms with Gasteiger partial charge in [-0.1, -0.05) is 42.6 Å². The molecular formula is C13H19Cl2N. The molecule has 0 amide bonds. The second kappa shape index (κ2) is 7.16. The van der Waals surface area contributed by atoms with E-state index in [1.54, 1.807) is 0 Å². The molecule has 1 aromatic carbocycles. The molecule has 0 aliphatic carbocycles. The van der Waals surface area contributed by atoms with Crippen LogP contribution in [0.5, 0.6) is 0 Å². The molecule has 3 heteroatoms. The third-order valence-corrected chi connectivity index (χ3v) is 3.36. The van der Waals surface area contributed by atoms with Crippen LogP contribution in [0.1, 0.15) is 44.1 Å². The van der Waals surface area contributed by atoms with Crippen LogP contribution in [0.2, 0.25) is 10.0 Å². The Labute approximate surface area is 108 Å². The molecule has 1 atom stereocenters. The Kier molecular flexibility index (Phi) is 6.18. The van der Waals surface area contributed by atoms with Gasteiger partial charge in [-0.3, -0.25) is 0 Å². The molecule has 0 saturated carbocycles. The third kappa shape index (κ3) is 3.97. The lowest BCUT2D eigenvalue weighted by Crippen LogP contribution is -2.05. The maximum Gasteiger partial charge on any atom is 0.0455 e. The quantitative estimate of drug-likeness (QED) is 0.793. The zero-order valence-corrected chi connectivity index (χ0v) is 11.2. The van der Waals surface area contributed by atoms with Crippen molar-refractivity contribution in [3.8, 4) is 0 Å². The molecule has 0 spiro atoms. The fraction of sp³-hybridized carbons (Fsp3) is 0.538. The molecule has 0 bridgehead atoms. The van der Waals surface area contributed by atoms with Gasteiger partial charge in [-0.2, -0.15) is 0 Å². The summed E-state index contributed by atoms with van der Waals surface area (Å²) in [5, 5.41) is 1.48. The van der Waals surface area contributed by atoms with Crippen molar-refractivity contribution in [2.45, 2.75) is 38.5 Å². The summed E-state index contributed by atoms with van der Waals surface area (Å²) in [4.78, 5) is 0. The van der Waals surface area contributed by atoms with Crippen LogP contribution in [0, 0.1) is 0 Å². The van der Waals surface area contributed by atoms with Gasteiger partial charge in [0.25, 0.3) is 0 Å². The second-order valence-electron chi connectivity index (χ2n) is 4.08. The fourth-order valence-electron chi connectivity index (χ4n) is 2.00. The molecule has 2 N–H and O–H groups in total. The van der Waals surface area contributed by atoms with Crippen LogP contribution in [0.3, 0.4) is 0 Å². The van der Waals surface area contributed by atoms with Crippen LogP contribution in [-0.4, -0.2) is 6.54 Å². The van der Waals surface area contributed by atoms with E-state index in [0.29, 0.717) is 10.9 Å². The number of hydrogen-bond donors (Lipinski definition) is 1. The maximum atomic E-state index is 6.22. The highest BCUT2D eigenvalue weighted by Crippen LogP contribution is 2.33. The van der Waals surface area contributed by atoms with Gasteiger partial charge in [0.15, 0.2) is 0 Å². The number of halogens is 2. The van der Waals surface area contributed by atoms with Gasteiger partial charge in [0.05, 0.1) is 0 Å². The van der Waals surface area contributed by atoms with Gasteiger partial charge in [0.1, 0.15) is 0 Å². The lowest BCUT2D eigenvalue weighted by Gasteiger charge is -2.17. The van der Waals surface area contributed by atoms with E-state index >= 15 is 0 Å². The van der Waals surface area contributed by atoms with Crippen molar-refractivity contribution >= 4 is 23.2 Å². The van der Waals surface area contributed by atoms with E-state index in [4.69, 9.17) is 28.9 Å². The van der Waals surface area contributed by atoms with Gasteiger partial charge < -0.3 is 5.73 Å². The Hall–Kier alpha value is -0.240. The standard InChI is InChI=1S/C13H19Cl2N/c1-2-4-10(5-3-8-16)12-7-6-11(14)9-13(12)15/h6-7,9-10H,2-5,8,16H2,1H3. The Morgan fingerprint density at radius 1 is 1.25 bits per heavy atom. The number of nitrogens with two attached hydrogens (primary N) is 1. The average Bonchev–Trinajstić information content (AvgIpc) is 2.25. The van der Waals surface area contributed by atoms with Crippen LogP contribution < -0.4 is 5.73 Å². The smallest absolute Gasteiger partial charge is 0.0455 e. The van der Waals surface area contributed by atoms with Crippen LogP contribution in [0.25, 0.3) is 0 Å². The van der Waals surface area contributed by atoms with Crippen LogP contribution in [0.15, 0.2) is 18.2 Å². The Morgan fingerprint density at radius 3 is 2.56 bits per heavy atom. The number of hydrogen-bond acceptors (Lipinski definition) is 1. The summed E-state index contributed by atoms with van der Waals surface area (Å²) in [6.07, 6.45) is 4.46. The minimum Gasteiger partial charge on any atom is -0.330 e. The molecule has 1 aromatic rings. The van der Waals surface area contributed by atoms with Crippen molar-refractivity contribution in [1.29, 1.82) is 0 Å². The van der Waals surface area contributed by atoms with Crippen molar-refractivity contribution in [2.75, 3.05) is 6.54 Å². The van der Waals surface area contributed by atoms with Gasteiger partial charge in [0.2, 0.25) is 0 Å². The summed E-state index contributed by atoms with van der Waals surface area (Å²) in [6, 6.07) is 5.78. The van der Waals surface area contributed by atoms with Crippen LogP contribution in [0.4, 0.5) is 0 Å². The first-order chi connectivity index (χ1) is 7.69. The van der Waals surface area contributed by atoms with Crippen LogP contribution in [-0.2, 0) is 0 Å². The molecule has 0 aliphatic heterocycles. The van der Waals surface area contributed by atoms with E-state index in [2.05, 4.69) is 6.92 Å². The molecule has 0 fully saturated rings. The van der Waals surface area contributed by atoms with Crippen molar-refractivity contribution in [3.63, 3.8) is 0 Å². The lowest BCUT2D eigenvalue weighted by molar-refractivity contribution is 0.550. The van der Waals surface area contributed by atoms with Crippen LogP contribution >= 0.6 is 23.2 Å². The van der Waals surface area contributed by atoms with Crippen molar-refractivity contribution in [2.24, 2.45) is 5.73 Å². The second-order valence-corrected chi connectivity index (χ2v) is 4.93. The van der Waals surface area contributed by atoms with E-state index in [-0.39, 0.29) is 0 Å². The summed E-state index contributed by atoms with van der Waals surface area (Å²) in [5.41, 5.74) is 6.77. The minimum absolute atomic E-state index is 0.512. The molecule has 0 heterocycles. The largest absolute Gasteiger partial charge is 0.330 e. The molecule has 1 unspecified atom stereocenters. The molecule has 0 aromatic heterocycles. The first-order valence-corrected chi connectivity index (χ1v) is 6.59. The van der Waals surface area contributed by atoms with Gasteiger partial charge in [0, 0.05) is 10.0 Å². The van der Waals surface area contributed by atoms with E-state index in [1.165, 1.54) is 5.56 Å². The Morgan fingerprint density at radius 2 is 2.00 bits per heavy atom. The zero-order chi connectivity index (χ0) is 12.0. The highest BCUT2D eigenvalue weighted by atomic mass is 35.5. The topological polar surface area (TPSA) is 26.0 Å². The van der Waals surface area contributed by atoms with E-state index in [1.807, 2.05) is 18.2 Å². The van der Waals surface area contributed by atoms with E-state index in [0.717, 1.165) is 37.3 Å². The van der Waals surface area contributed by atoms with E-state index in [9.17, 15) is 0 Å². The van der Waals surface area contributed by atoms with Gasteiger partial charge in [-0.05, 0) is 49.4 Å². The molecule has 90 valence electrons. The summed E-state index contributed by atoms with van der Waals surface area (Å²) < 4.78 is 0. The Balaban J connectivity index is 2.82. The fourth-order valence-corrected chi connectivity index (χ4v) is 2.56. The number of rotatable bonds is 6. The van der Waals surface area contributed by atoms with Crippen molar-refractivity contribution < 1.29 is 0 Å². The van der Waals surface area contributed by atoms with Crippen molar-refractivity contribution in [1.82, 2.24) is 0 Å². The summed E-state index contributed by atoms with van der Waals surface area (Å²) in [7, 11) is 0. The van der Waals surface area contributed by atoms with Gasteiger partial charge in [-0.25, -0.2) is 0 Å². The Bertz CT molecular complexity index is 326. The predicted octanol–water partition coefficient (Wildman–Crippen LogP) is 4.62. The summed E-state index contributed by atoms with van der Waals surface area (Å²) in [5.74, 6) is 0.512. The van der Waals surface area contributed by atoms with Gasteiger partial charge in [-0.15, -0.1) is 0 Å². The lowest BCUT2D eigenvalue weighted by atomic mass is 9.90. The monoisotopic (exact) mass is 259 g/mol. The predicted molar refractivity (Wildman–Crippen MR) is 72.4 cm³/mol. The molecule has 1 nitrogen and oxygen atoms in total. The highest BCUT2D eigenvalue weighted by molar-refractivity contribution is 6.35. The minimum atomic E-state index is 0.512. The first kappa shape index (κ1) is 13.8. The van der Waals surface area contributed by atoms with E-state index < -0.39 is 0 Å². The van der Waals surface area contributed by atoms with Gasteiger partial charge >= 0.3 is 0 Å². The molecule has 0 saturated heterocycles. The molecule has 0 radical (unpaired) electrons. The highest BCUT2D eigenvalue weighted by Gasteiger charge is 2.13. The molecule has 16 heavy (non-hydrogen) atoms. The third-order valence-electron chi connectivity index (χ3n) is 2.80. The molecule has 1 rings (SSSR count). The molecular weight excluding hydrogens is 241 g/mol. The average molecular weight is 260 g/mol. The summed E-state index contributed by atoms with van der Waals surface area (Å²) >= 11 is 12.1. The van der Waals surface area contributed by atoms with Crippen molar-refractivity contribution in [3.05, 3.63) is 33.8 Å². The zero-order valence-electron chi connectivity index (χ0n) is 9.68. The number of benzene rings is 1. The first-order valence-electron chi connectivity index (χ1n) is 5.84. The molecule has 0 aliphatic rings. The SMILES string of the molecule is CCCC(CCCN)c1ccc(Cl)cc1Cl.